The van der Waals surface area contributed by atoms with Crippen molar-refractivity contribution in [3.05, 3.63) is 123 Å². The van der Waals surface area contributed by atoms with E-state index < -0.39 is 54.0 Å². The number of oxazole rings is 1. The number of aliphatic hydroxyl groups is 1. The van der Waals surface area contributed by atoms with Crippen LogP contribution in [0.5, 0.6) is 11.6 Å². The van der Waals surface area contributed by atoms with Gasteiger partial charge in [-0.1, -0.05) is 68.8 Å². The van der Waals surface area contributed by atoms with Crippen LogP contribution in [0.25, 0.3) is 16.3 Å². The maximum Gasteiger partial charge on any atom is 0.258 e. The van der Waals surface area contributed by atoms with Gasteiger partial charge in [-0.3, -0.25) is 28.7 Å². The molecule has 2 fully saturated rings. The number of aromatic nitrogens is 5. The third-order valence-corrected chi connectivity index (χ3v) is 14.7. The molecule has 376 valence electrons. The van der Waals surface area contributed by atoms with Gasteiger partial charge in [0, 0.05) is 71.1 Å². The molecule has 4 aromatic heterocycles. The number of ether oxygens (including phenoxy) is 2. The number of fused-ring (bicyclic) bond motifs is 3. The second-order valence-electron chi connectivity index (χ2n) is 19.6. The Bertz CT molecular complexity index is 3010. The van der Waals surface area contributed by atoms with Crippen molar-refractivity contribution in [2.24, 2.45) is 10.4 Å². The molecule has 1 saturated heterocycles. The Kier molecular flexibility index (Phi) is 14.3. The number of β-amino-alcohol motifs (C(OH)–C–C–N with tert-alkyl or cyclic N) is 1. The Labute approximate surface area is 425 Å². The highest BCUT2D eigenvalue weighted by Gasteiger charge is 2.45. The zero-order valence-electron chi connectivity index (χ0n) is 41.1. The van der Waals surface area contributed by atoms with Crippen molar-refractivity contribution in [2.75, 3.05) is 13.2 Å². The van der Waals surface area contributed by atoms with Crippen LogP contribution in [0.4, 0.5) is 0 Å². The van der Waals surface area contributed by atoms with Crippen LogP contribution in [0.3, 0.4) is 0 Å². The standard InChI is InChI=1S/C52H57ClN10O8S/c1-27-29(3)72-51-44(27)45(32-12-14-34(53)15-13-32)58-39(48-61-60-30(4)63(48)51)21-41(65)57-35-18-38(19-35)71-43-17-16-37(23-54-43)69-25-42(66)59-47(52(5,6)7)50(68)62-24-36(64)20-40(62)49(67)55-22-31-8-10-33(11-9-31)46-28(2)56-26-70-46/h8-17,23,26,35-36,38-40,47,64H,18-22,24-25H2,1-7H3,(H,55,67)(H,57,65)(H,59,66)/t35?,36-,38?,39+,40+,47?/m1/s1. The second kappa shape index (κ2) is 20.6. The third-order valence-electron chi connectivity index (χ3n) is 13.3. The number of pyridine rings is 1. The SMILES string of the molecule is Cc1ncoc1-c1ccc(CNC(=O)[C@@H]2C[C@@H](O)CN2C(=O)C(NC(=O)COc2ccc(OC3CC(NC(=O)C[C@@H]4N=C(c5ccc(Cl)cc5)c5c(sc(C)c5C)-n5c(C)nnc54)C3)nc2)C(C)(C)C)cc1. The molecular formula is C52H57ClN10O8S. The molecular weight excluding hydrogens is 960 g/mol. The van der Waals surface area contributed by atoms with Gasteiger partial charge in [0.25, 0.3) is 5.91 Å². The van der Waals surface area contributed by atoms with Gasteiger partial charge in [0.05, 0.1) is 30.1 Å². The molecule has 6 aromatic rings. The molecule has 6 heterocycles. The summed E-state index contributed by atoms with van der Waals surface area (Å²) in [6, 6.07) is 15.7. The minimum absolute atomic E-state index is 0.0531. The number of amides is 4. The number of hydrogen-bond donors (Lipinski definition) is 4. The summed E-state index contributed by atoms with van der Waals surface area (Å²) < 4.78 is 19.3. The van der Waals surface area contributed by atoms with E-state index in [9.17, 15) is 24.3 Å². The van der Waals surface area contributed by atoms with E-state index in [4.69, 9.17) is 30.5 Å². The molecule has 4 atom stereocenters. The van der Waals surface area contributed by atoms with Gasteiger partial charge in [0.2, 0.25) is 23.6 Å². The Morgan fingerprint density at radius 3 is 2.35 bits per heavy atom. The maximum atomic E-state index is 14.1. The molecule has 0 radical (unpaired) electrons. The average Bonchev–Trinajstić information content (AvgIpc) is 4.11. The Morgan fingerprint density at radius 2 is 1.67 bits per heavy atom. The first kappa shape index (κ1) is 50.0. The first-order valence-corrected chi connectivity index (χ1v) is 25.1. The number of carbonyl (C=O) groups is 4. The predicted octanol–water partition coefficient (Wildman–Crippen LogP) is 6.46. The van der Waals surface area contributed by atoms with E-state index in [1.54, 1.807) is 23.5 Å². The van der Waals surface area contributed by atoms with Crippen molar-refractivity contribution in [1.82, 2.24) is 45.6 Å². The number of aryl methyl sites for hydroxylation is 3. The summed E-state index contributed by atoms with van der Waals surface area (Å²) in [4.78, 5) is 70.7. The normalized spacial score (nSPS) is 19.8. The van der Waals surface area contributed by atoms with Crippen molar-refractivity contribution in [2.45, 2.75) is 117 Å². The molecule has 2 aromatic carbocycles. The fraction of sp³-hybridized carbons (Fsp3) is 0.404. The molecule has 1 unspecified atom stereocenters. The first-order chi connectivity index (χ1) is 34.4. The molecule has 4 N–H and O–H groups in total. The van der Waals surface area contributed by atoms with Crippen LogP contribution in [-0.2, 0) is 25.7 Å². The van der Waals surface area contributed by atoms with Crippen molar-refractivity contribution in [3.8, 4) is 28.0 Å². The molecule has 3 aliphatic rings. The Morgan fingerprint density at radius 1 is 0.931 bits per heavy atom. The smallest absolute Gasteiger partial charge is 0.258 e. The zero-order valence-corrected chi connectivity index (χ0v) is 42.6. The number of aliphatic hydroxyl groups excluding tert-OH is 1. The monoisotopic (exact) mass is 1020 g/mol. The molecule has 1 saturated carbocycles. The number of carbonyl (C=O) groups excluding carboxylic acids is 4. The van der Waals surface area contributed by atoms with E-state index in [2.05, 4.69) is 50.0 Å². The molecule has 1 aliphatic carbocycles. The minimum atomic E-state index is -1.03. The fourth-order valence-electron chi connectivity index (χ4n) is 9.20. The maximum absolute atomic E-state index is 14.1. The fourth-order valence-corrected chi connectivity index (χ4v) is 10.5. The van der Waals surface area contributed by atoms with Crippen molar-refractivity contribution in [1.29, 1.82) is 0 Å². The summed E-state index contributed by atoms with van der Waals surface area (Å²) in [5, 5.41) is 30.0. The lowest BCUT2D eigenvalue weighted by Crippen LogP contribution is -2.58. The number of rotatable bonds is 15. The number of hydrogen-bond acceptors (Lipinski definition) is 14. The van der Waals surface area contributed by atoms with E-state index in [1.807, 2.05) is 87.7 Å². The van der Waals surface area contributed by atoms with Crippen molar-refractivity contribution >= 4 is 52.3 Å². The molecule has 72 heavy (non-hydrogen) atoms. The van der Waals surface area contributed by atoms with Gasteiger partial charge in [-0.15, -0.1) is 21.5 Å². The molecule has 2 aliphatic heterocycles. The number of nitrogens with one attached hydrogen (secondary N) is 3. The first-order valence-electron chi connectivity index (χ1n) is 23.9. The van der Waals surface area contributed by atoms with E-state index in [1.165, 1.54) is 17.5 Å². The number of aliphatic imine (C=N–C) groups is 1. The van der Waals surface area contributed by atoms with E-state index in [0.717, 1.165) is 54.9 Å². The van der Waals surface area contributed by atoms with Gasteiger partial charge in [-0.2, -0.15) is 0 Å². The van der Waals surface area contributed by atoms with E-state index in [0.29, 0.717) is 41.1 Å². The summed E-state index contributed by atoms with van der Waals surface area (Å²) in [7, 11) is 0. The van der Waals surface area contributed by atoms with Crippen LogP contribution >= 0.6 is 22.9 Å². The summed E-state index contributed by atoms with van der Waals surface area (Å²) in [6.07, 6.45) is 3.05. The number of benzene rings is 2. The summed E-state index contributed by atoms with van der Waals surface area (Å²) in [5.41, 5.74) is 5.50. The molecule has 18 nitrogen and oxygen atoms in total. The topological polar surface area (TPSA) is 228 Å². The summed E-state index contributed by atoms with van der Waals surface area (Å²) in [6.45, 7) is 13.1. The molecule has 9 rings (SSSR count). The van der Waals surface area contributed by atoms with Crippen molar-refractivity contribution < 1.29 is 38.2 Å². The number of halogens is 1. The van der Waals surface area contributed by atoms with Crippen LogP contribution < -0.4 is 25.4 Å². The zero-order chi connectivity index (χ0) is 51.0. The Balaban J connectivity index is 0.744. The molecule has 4 amide bonds. The molecule has 0 spiro atoms. The van der Waals surface area contributed by atoms with Crippen LogP contribution in [0.2, 0.25) is 5.02 Å². The largest absolute Gasteiger partial charge is 0.482 e. The van der Waals surface area contributed by atoms with Crippen LogP contribution in [0.1, 0.15) is 97.0 Å². The average molecular weight is 1020 g/mol. The second-order valence-corrected chi connectivity index (χ2v) is 21.3. The van der Waals surface area contributed by atoms with Crippen LogP contribution in [-0.4, -0.2) is 108 Å². The lowest BCUT2D eigenvalue weighted by molar-refractivity contribution is -0.144. The number of thiophene rings is 1. The van der Waals surface area contributed by atoms with Gasteiger partial charge in [0.15, 0.2) is 24.6 Å². The molecule has 20 heteroatoms. The van der Waals surface area contributed by atoms with E-state index in [-0.39, 0.29) is 44.0 Å². The highest BCUT2D eigenvalue weighted by Crippen LogP contribution is 2.40. The van der Waals surface area contributed by atoms with Gasteiger partial charge in [-0.05, 0) is 62.4 Å². The minimum Gasteiger partial charge on any atom is -0.482 e. The van der Waals surface area contributed by atoms with Crippen LogP contribution in [0, 0.1) is 33.1 Å². The molecule has 0 bridgehead atoms. The van der Waals surface area contributed by atoms with Gasteiger partial charge in [0.1, 0.15) is 40.8 Å². The highest BCUT2D eigenvalue weighted by atomic mass is 35.5. The van der Waals surface area contributed by atoms with Gasteiger partial charge in [-0.25, -0.2) is 9.97 Å². The summed E-state index contributed by atoms with van der Waals surface area (Å²) in [5.74, 6) is 1.06. The predicted molar refractivity (Wildman–Crippen MR) is 269 cm³/mol. The van der Waals surface area contributed by atoms with Crippen LogP contribution in [0.15, 0.2) is 82.7 Å². The summed E-state index contributed by atoms with van der Waals surface area (Å²) >= 11 is 7.91. The lowest BCUT2D eigenvalue weighted by atomic mass is 9.85. The van der Waals surface area contributed by atoms with Crippen molar-refractivity contribution in [3.63, 3.8) is 0 Å². The number of likely N-dealkylation sites (tertiary alicyclic amines) is 1. The lowest BCUT2D eigenvalue weighted by Gasteiger charge is -2.35. The van der Waals surface area contributed by atoms with E-state index >= 15 is 0 Å². The Hall–Kier alpha value is -6.96. The van der Waals surface area contributed by atoms with Gasteiger partial charge < -0.3 is 39.8 Å². The quantitative estimate of drug-likeness (QED) is 0.0869. The third kappa shape index (κ3) is 10.8. The number of nitrogens with zero attached hydrogens (tertiary/aromatic N) is 7. The highest BCUT2D eigenvalue weighted by molar-refractivity contribution is 7.15. The van der Waals surface area contributed by atoms with Gasteiger partial charge >= 0.3 is 0 Å².